The van der Waals surface area contributed by atoms with E-state index in [4.69, 9.17) is 15.7 Å². The maximum atomic E-state index is 13.9. The molecule has 0 saturated heterocycles. The van der Waals surface area contributed by atoms with E-state index < -0.39 is 5.82 Å². The summed E-state index contributed by atoms with van der Waals surface area (Å²) in [6.45, 7) is 3.39. The topological polar surface area (TPSA) is 80.7 Å². The zero-order valence-electron chi connectivity index (χ0n) is 11.1. The lowest BCUT2D eigenvalue weighted by Crippen LogP contribution is -2.16. The lowest BCUT2D eigenvalue weighted by atomic mass is 10.1. The molecule has 1 aromatic heterocycles. The maximum Gasteiger partial charge on any atom is 0.230 e. The zero-order valence-corrected chi connectivity index (χ0v) is 11.1. The van der Waals surface area contributed by atoms with Crippen LogP contribution in [-0.2, 0) is 0 Å². The van der Waals surface area contributed by atoms with Crippen LogP contribution in [0.5, 0.6) is 11.6 Å². The van der Waals surface area contributed by atoms with E-state index in [1.165, 1.54) is 12.3 Å². The molecule has 104 valence electrons. The first-order chi connectivity index (χ1) is 9.54. The van der Waals surface area contributed by atoms with Crippen molar-refractivity contribution in [2.45, 2.75) is 13.8 Å². The molecule has 2 aromatic rings. The van der Waals surface area contributed by atoms with Crippen molar-refractivity contribution in [1.29, 1.82) is 0 Å². The predicted molar refractivity (Wildman–Crippen MR) is 72.7 cm³/mol. The molecule has 0 atom stereocenters. The molecule has 2 rings (SSSR count). The molecule has 0 fully saturated rings. The average Bonchev–Trinajstić information content (AvgIpc) is 2.43. The minimum atomic E-state index is -0.471. The van der Waals surface area contributed by atoms with Gasteiger partial charge in [0, 0.05) is 6.20 Å². The highest BCUT2D eigenvalue weighted by molar-refractivity contribution is 6.00. The first-order valence-corrected chi connectivity index (χ1v) is 5.91. The van der Waals surface area contributed by atoms with Gasteiger partial charge in [0.15, 0.2) is 17.4 Å². The van der Waals surface area contributed by atoms with Crippen LogP contribution in [0, 0.1) is 19.7 Å². The Morgan fingerprint density at radius 3 is 2.75 bits per heavy atom. The summed E-state index contributed by atoms with van der Waals surface area (Å²) in [7, 11) is 0. The minimum Gasteiger partial charge on any atom is -0.435 e. The number of nitrogens with zero attached hydrogens (tertiary/aromatic N) is 2. The van der Waals surface area contributed by atoms with Crippen LogP contribution in [0.2, 0.25) is 0 Å². The standard InChI is InChI=1S/C14H14FN3O2/c1-8-6-7-17-14(11(8)13(16)18-19)20-10-5-3-4-9(2)12(10)15/h3-7,19H,1-2H3,(H2,16,18). The van der Waals surface area contributed by atoms with Gasteiger partial charge in [-0.3, -0.25) is 0 Å². The number of amidine groups is 1. The second kappa shape index (κ2) is 5.56. The molecule has 20 heavy (non-hydrogen) atoms. The fourth-order valence-electron chi connectivity index (χ4n) is 1.78. The number of aromatic nitrogens is 1. The Hall–Kier alpha value is -2.63. The van der Waals surface area contributed by atoms with Gasteiger partial charge in [-0.1, -0.05) is 17.3 Å². The summed E-state index contributed by atoms with van der Waals surface area (Å²) in [4.78, 5) is 4.01. The molecule has 1 aromatic carbocycles. The summed E-state index contributed by atoms with van der Waals surface area (Å²) in [5.74, 6) is -0.486. The second-order valence-corrected chi connectivity index (χ2v) is 4.28. The molecule has 0 amide bonds. The number of halogens is 1. The van der Waals surface area contributed by atoms with Crippen LogP contribution >= 0.6 is 0 Å². The summed E-state index contributed by atoms with van der Waals surface area (Å²) >= 11 is 0. The van der Waals surface area contributed by atoms with Crippen LogP contribution in [0.25, 0.3) is 0 Å². The van der Waals surface area contributed by atoms with Gasteiger partial charge in [-0.15, -0.1) is 0 Å². The SMILES string of the molecule is Cc1cccc(Oc2nccc(C)c2/C(N)=N/O)c1F. The number of ether oxygens (including phenoxy) is 1. The number of rotatable bonds is 3. The largest absolute Gasteiger partial charge is 0.435 e. The molecule has 1 heterocycles. The first-order valence-electron chi connectivity index (χ1n) is 5.91. The molecule has 0 unspecified atom stereocenters. The Balaban J connectivity index is 2.49. The Morgan fingerprint density at radius 2 is 2.05 bits per heavy atom. The van der Waals surface area contributed by atoms with Gasteiger partial charge in [-0.2, -0.15) is 0 Å². The van der Waals surface area contributed by atoms with E-state index in [1.54, 1.807) is 32.0 Å². The van der Waals surface area contributed by atoms with Crippen molar-refractivity contribution in [2.24, 2.45) is 10.9 Å². The third kappa shape index (κ3) is 2.54. The number of nitrogens with two attached hydrogens (primary N) is 1. The van der Waals surface area contributed by atoms with Crippen molar-refractivity contribution in [3.05, 3.63) is 53.0 Å². The van der Waals surface area contributed by atoms with Gasteiger partial charge in [0.05, 0.1) is 5.56 Å². The number of hydrogen-bond acceptors (Lipinski definition) is 4. The van der Waals surface area contributed by atoms with E-state index in [0.717, 1.165) is 0 Å². The van der Waals surface area contributed by atoms with Crippen molar-refractivity contribution in [2.75, 3.05) is 0 Å². The van der Waals surface area contributed by atoms with Crippen LogP contribution in [0.1, 0.15) is 16.7 Å². The summed E-state index contributed by atoms with van der Waals surface area (Å²) in [6, 6.07) is 6.48. The van der Waals surface area contributed by atoms with Crippen molar-refractivity contribution in [3.63, 3.8) is 0 Å². The van der Waals surface area contributed by atoms with Gasteiger partial charge in [-0.25, -0.2) is 9.37 Å². The Labute approximate surface area is 115 Å². The number of aryl methyl sites for hydroxylation is 2. The summed E-state index contributed by atoms with van der Waals surface area (Å²) in [5.41, 5.74) is 7.10. The molecule has 6 heteroatoms. The van der Waals surface area contributed by atoms with E-state index in [2.05, 4.69) is 10.1 Å². The number of pyridine rings is 1. The molecule has 0 aliphatic rings. The molecular formula is C14H14FN3O2. The average molecular weight is 275 g/mol. The van der Waals surface area contributed by atoms with Crippen molar-refractivity contribution < 1.29 is 14.3 Å². The Morgan fingerprint density at radius 1 is 1.30 bits per heavy atom. The first kappa shape index (κ1) is 13.8. The van der Waals surface area contributed by atoms with E-state index >= 15 is 0 Å². The molecule has 3 N–H and O–H groups in total. The highest BCUT2D eigenvalue weighted by Gasteiger charge is 2.16. The lowest BCUT2D eigenvalue weighted by molar-refractivity contribution is 0.318. The quantitative estimate of drug-likeness (QED) is 0.390. The molecule has 0 spiro atoms. The summed E-state index contributed by atoms with van der Waals surface area (Å²) in [6.07, 6.45) is 1.51. The minimum absolute atomic E-state index is 0.0371. The highest BCUT2D eigenvalue weighted by atomic mass is 19.1. The van der Waals surface area contributed by atoms with E-state index in [-0.39, 0.29) is 17.5 Å². The Bertz CT molecular complexity index is 671. The molecular weight excluding hydrogens is 261 g/mol. The van der Waals surface area contributed by atoms with Crippen LogP contribution in [0.15, 0.2) is 35.6 Å². The zero-order chi connectivity index (χ0) is 14.7. The molecule has 0 radical (unpaired) electrons. The normalized spacial score (nSPS) is 11.4. The molecule has 0 saturated carbocycles. The van der Waals surface area contributed by atoms with Gasteiger partial charge in [0.1, 0.15) is 0 Å². The maximum absolute atomic E-state index is 13.9. The van der Waals surface area contributed by atoms with E-state index in [1.807, 2.05) is 0 Å². The second-order valence-electron chi connectivity index (χ2n) is 4.28. The summed E-state index contributed by atoms with van der Waals surface area (Å²) < 4.78 is 19.4. The van der Waals surface area contributed by atoms with Crippen LogP contribution in [-0.4, -0.2) is 16.0 Å². The molecule has 0 bridgehead atoms. The van der Waals surface area contributed by atoms with Crippen LogP contribution < -0.4 is 10.5 Å². The number of oxime groups is 1. The molecule has 5 nitrogen and oxygen atoms in total. The van der Waals surface area contributed by atoms with Crippen molar-refractivity contribution in [1.82, 2.24) is 4.98 Å². The summed E-state index contributed by atoms with van der Waals surface area (Å²) in [5, 5.41) is 11.7. The van der Waals surface area contributed by atoms with Gasteiger partial charge in [0.2, 0.25) is 5.88 Å². The molecule has 0 aliphatic carbocycles. The predicted octanol–water partition coefficient (Wildman–Crippen LogP) is 2.72. The lowest BCUT2D eigenvalue weighted by Gasteiger charge is -2.12. The van der Waals surface area contributed by atoms with Gasteiger partial charge in [-0.05, 0) is 37.1 Å². The van der Waals surface area contributed by atoms with Gasteiger partial charge in [0.25, 0.3) is 0 Å². The third-order valence-electron chi connectivity index (χ3n) is 2.85. The van der Waals surface area contributed by atoms with E-state index in [9.17, 15) is 4.39 Å². The van der Waals surface area contributed by atoms with E-state index in [0.29, 0.717) is 16.7 Å². The number of benzene rings is 1. The molecule has 0 aliphatic heterocycles. The van der Waals surface area contributed by atoms with Gasteiger partial charge < -0.3 is 15.7 Å². The fraction of sp³-hybridized carbons (Fsp3) is 0.143. The van der Waals surface area contributed by atoms with Crippen molar-refractivity contribution >= 4 is 5.84 Å². The van der Waals surface area contributed by atoms with Crippen LogP contribution in [0.4, 0.5) is 4.39 Å². The highest BCUT2D eigenvalue weighted by Crippen LogP contribution is 2.28. The monoisotopic (exact) mass is 275 g/mol. The van der Waals surface area contributed by atoms with Gasteiger partial charge >= 0.3 is 0 Å². The third-order valence-corrected chi connectivity index (χ3v) is 2.85. The Kier molecular flexibility index (Phi) is 3.84. The van der Waals surface area contributed by atoms with Crippen LogP contribution in [0.3, 0.4) is 0 Å². The smallest absolute Gasteiger partial charge is 0.230 e. The van der Waals surface area contributed by atoms with Crippen molar-refractivity contribution in [3.8, 4) is 11.6 Å². The fourth-order valence-corrected chi connectivity index (χ4v) is 1.78. The number of hydrogen-bond donors (Lipinski definition) is 2.